The lowest BCUT2D eigenvalue weighted by molar-refractivity contribution is -0.195. The molecule has 0 saturated carbocycles. The summed E-state index contributed by atoms with van der Waals surface area (Å²) in [7, 11) is 1.53. The molecule has 0 N–H and O–H groups in total. The summed E-state index contributed by atoms with van der Waals surface area (Å²) in [6.07, 6.45) is 0.815. The van der Waals surface area contributed by atoms with E-state index in [1.165, 1.54) is 12.2 Å². The van der Waals surface area contributed by atoms with Crippen LogP contribution in [0.15, 0.2) is 30.3 Å². The van der Waals surface area contributed by atoms with Crippen LogP contribution in [-0.4, -0.2) is 30.3 Å². The van der Waals surface area contributed by atoms with Crippen molar-refractivity contribution in [3.05, 3.63) is 35.9 Å². The SMILES string of the molecule is COC(C)(C)C(=O)N1OCC[C@H]1c1ccccc1. The number of carbonyl (C=O) groups is 1. The highest BCUT2D eigenvalue weighted by atomic mass is 16.7. The zero-order valence-corrected chi connectivity index (χ0v) is 11.1. The summed E-state index contributed by atoms with van der Waals surface area (Å²) < 4.78 is 5.22. The molecule has 18 heavy (non-hydrogen) atoms. The van der Waals surface area contributed by atoms with E-state index in [2.05, 4.69) is 0 Å². The van der Waals surface area contributed by atoms with Gasteiger partial charge < -0.3 is 4.74 Å². The molecule has 0 spiro atoms. The lowest BCUT2D eigenvalue weighted by atomic mass is 10.0. The van der Waals surface area contributed by atoms with E-state index in [0.29, 0.717) is 6.61 Å². The molecule has 2 rings (SSSR count). The van der Waals surface area contributed by atoms with Gasteiger partial charge in [0.15, 0.2) is 0 Å². The normalized spacial score (nSPS) is 20.2. The molecule has 1 aromatic carbocycles. The lowest BCUT2D eigenvalue weighted by Crippen LogP contribution is -2.45. The first-order valence-corrected chi connectivity index (χ1v) is 6.13. The van der Waals surface area contributed by atoms with Gasteiger partial charge in [-0.1, -0.05) is 30.3 Å². The minimum Gasteiger partial charge on any atom is -0.369 e. The zero-order chi connectivity index (χ0) is 13.2. The molecular formula is C14H19NO3. The average molecular weight is 249 g/mol. The van der Waals surface area contributed by atoms with Crippen molar-refractivity contribution in [3.8, 4) is 0 Å². The molecule has 1 aliphatic rings. The minimum atomic E-state index is -0.864. The number of carbonyl (C=O) groups excluding carboxylic acids is 1. The van der Waals surface area contributed by atoms with Crippen molar-refractivity contribution in [1.82, 2.24) is 5.06 Å². The standard InChI is InChI=1S/C14H19NO3/c1-14(2,17-3)13(16)15-12(9-10-18-15)11-7-5-4-6-8-11/h4-8,12H,9-10H2,1-3H3/t12-/m0/s1. The first kappa shape index (κ1) is 13.1. The van der Waals surface area contributed by atoms with Gasteiger partial charge in [0.2, 0.25) is 0 Å². The topological polar surface area (TPSA) is 38.8 Å². The van der Waals surface area contributed by atoms with Gasteiger partial charge in [-0.2, -0.15) is 0 Å². The van der Waals surface area contributed by atoms with Crippen molar-refractivity contribution in [2.75, 3.05) is 13.7 Å². The van der Waals surface area contributed by atoms with Crippen molar-refractivity contribution >= 4 is 5.91 Å². The Balaban J connectivity index is 2.21. The third kappa shape index (κ3) is 2.40. The second kappa shape index (κ2) is 5.08. The molecule has 1 aliphatic heterocycles. The van der Waals surface area contributed by atoms with Crippen LogP contribution in [0.3, 0.4) is 0 Å². The van der Waals surface area contributed by atoms with Crippen molar-refractivity contribution in [2.24, 2.45) is 0 Å². The molecule has 1 saturated heterocycles. The Labute approximate surface area is 107 Å². The summed E-state index contributed by atoms with van der Waals surface area (Å²) in [6, 6.07) is 9.91. The molecule has 0 radical (unpaired) electrons. The third-order valence-electron chi connectivity index (χ3n) is 3.31. The number of nitrogens with zero attached hydrogens (tertiary/aromatic N) is 1. The van der Waals surface area contributed by atoms with Crippen LogP contribution in [0, 0.1) is 0 Å². The molecule has 4 heteroatoms. The summed E-state index contributed by atoms with van der Waals surface area (Å²) in [5.41, 5.74) is 0.229. The molecule has 0 bridgehead atoms. The fourth-order valence-corrected chi connectivity index (χ4v) is 2.00. The average Bonchev–Trinajstić information content (AvgIpc) is 2.87. The predicted molar refractivity (Wildman–Crippen MR) is 67.7 cm³/mol. The van der Waals surface area contributed by atoms with Gasteiger partial charge in [0.1, 0.15) is 5.60 Å². The Morgan fingerprint density at radius 1 is 1.39 bits per heavy atom. The first-order chi connectivity index (χ1) is 8.56. The van der Waals surface area contributed by atoms with E-state index in [9.17, 15) is 4.79 Å². The number of amides is 1. The Morgan fingerprint density at radius 3 is 2.67 bits per heavy atom. The van der Waals surface area contributed by atoms with Crippen LogP contribution in [0.2, 0.25) is 0 Å². The van der Waals surface area contributed by atoms with Gasteiger partial charge in [0, 0.05) is 13.5 Å². The van der Waals surface area contributed by atoms with E-state index in [4.69, 9.17) is 9.57 Å². The van der Waals surface area contributed by atoms with Crippen LogP contribution >= 0.6 is 0 Å². The molecule has 1 atom stereocenters. The summed E-state index contributed by atoms with van der Waals surface area (Å²) in [5, 5.41) is 1.46. The molecule has 0 aliphatic carbocycles. The maximum Gasteiger partial charge on any atom is 0.278 e. The zero-order valence-electron chi connectivity index (χ0n) is 11.1. The van der Waals surface area contributed by atoms with Gasteiger partial charge in [-0.25, -0.2) is 5.06 Å². The third-order valence-corrected chi connectivity index (χ3v) is 3.31. The quantitative estimate of drug-likeness (QED) is 0.825. The van der Waals surface area contributed by atoms with Crippen molar-refractivity contribution in [3.63, 3.8) is 0 Å². The van der Waals surface area contributed by atoms with Crippen LogP contribution in [0.25, 0.3) is 0 Å². The Hall–Kier alpha value is -1.39. The van der Waals surface area contributed by atoms with Crippen LogP contribution in [-0.2, 0) is 14.4 Å². The molecule has 0 unspecified atom stereocenters. The number of rotatable bonds is 3. The smallest absolute Gasteiger partial charge is 0.278 e. The highest BCUT2D eigenvalue weighted by Gasteiger charge is 2.39. The van der Waals surface area contributed by atoms with Crippen LogP contribution < -0.4 is 0 Å². The maximum absolute atomic E-state index is 12.4. The number of benzene rings is 1. The Bertz CT molecular complexity index is 416. The molecular weight excluding hydrogens is 230 g/mol. The van der Waals surface area contributed by atoms with Gasteiger partial charge in [-0.05, 0) is 19.4 Å². The number of hydrogen-bond donors (Lipinski definition) is 0. The molecule has 4 nitrogen and oxygen atoms in total. The van der Waals surface area contributed by atoms with Crippen LogP contribution in [0.5, 0.6) is 0 Å². The predicted octanol–water partition coefficient (Wildman–Crippen LogP) is 2.32. The number of hydrogen-bond acceptors (Lipinski definition) is 3. The molecule has 1 aromatic rings. The highest BCUT2D eigenvalue weighted by Crippen LogP contribution is 2.32. The highest BCUT2D eigenvalue weighted by molar-refractivity contribution is 5.84. The van der Waals surface area contributed by atoms with E-state index in [1.807, 2.05) is 30.3 Å². The minimum absolute atomic E-state index is 0.0203. The van der Waals surface area contributed by atoms with E-state index in [-0.39, 0.29) is 11.9 Å². The first-order valence-electron chi connectivity index (χ1n) is 6.13. The number of ether oxygens (including phenoxy) is 1. The lowest BCUT2D eigenvalue weighted by Gasteiger charge is -2.30. The molecule has 0 aromatic heterocycles. The summed E-state index contributed by atoms with van der Waals surface area (Å²) in [5.74, 6) is -0.142. The van der Waals surface area contributed by atoms with Crippen LogP contribution in [0.4, 0.5) is 0 Å². The van der Waals surface area contributed by atoms with Crippen LogP contribution in [0.1, 0.15) is 31.9 Å². The second-order valence-corrected chi connectivity index (χ2v) is 4.89. The number of methoxy groups -OCH3 is 1. The number of hydroxylamine groups is 2. The van der Waals surface area contributed by atoms with Gasteiger partial charge in [0.05, 0.1) is 12.6 Å². The van der Waals surface area contributed by atoms with E-state index in [0.717, 1.165) is 12.0 Å². The van der Waals surface area contributed by atoms with Gasteiger partial charge in [-0.3, -0.25) is 9.63 Å². The van der Waals surface area contributed by atoms with E-state index >= 15 is 0 Å². The molecule has 1 amide bonds. The molecule has 98 valence electrons. The van der Waals surface area contributed by atoms with Crippen molar-refractivity contribution in [1.29, 1.82) is 0 Å². The summed E-state index contributed by atoms with van der Waals surface area (Å²) in [4.78, 5) is 17.8. The van der Waals surface area contributed by atoms with Gasteiger partial charge in [0.25, 0.3) is 5.91 Å². The summed E-state index contributed by atoms with van der Waals surface area (Å²) >= 11 is 0. The Morgan fingerprint density at radius 2 is 2.06 bits per heavy atom. The van der Waals surface area contributed by atoms with Gasteiger partial charge >= 0.3 is 0 Å². The summed E-state index contributed by atoms with van der Waals surface area (Å²) in [6.45, 7) is 4.06. The fourth-order valence-electron chi connectivity index (χ4n) is 2.00. The maximum atomic E-state index is 12.4. The molecule has 1 heterocycles. The molecule has 1 fully saturated rings. The van der Waals surface area contributed by atoms with E-state index in [1.54, 1.807) is 13.8 Å². The van der Waals surface area contributed by atoms with E-state index < -0.39 is 5.60 Å². The van der Waals surface area contributed by atoms with Crippen molar-refractivity contribution in [2.45, 2.75) is 31.9 Å². The Kier molecular flexibility index (Phi) is 3.68. The monoisotopic (exact) mass is 249 g/mol. The largest absolute Gasteiger partial charge is 0.369 e. The second-order valence-electron chi connectivity index (χ2n) is 4.89. The fraction of sp³-hybridized carbons (Fsp3) is 0.500. The van der Waals surface area contributed by atoms with Gasteiger partial charge in [-0.15, -0.1) is 0 Å². The van der Waals surface area contributed by atoms with Crippen molar-refractivity contribution < 1.29 is 14.4 Å².